The van der Waals surface area contributed by atoms with Crippen molar-refractivity contribution < 1.29 is 13.2 Å². The van der Waals surface area contributed by atoms with Gasteiger partial charge in [0.25, 0.3) is 0 Å². The highest BCUT2D eigenvalue weighted by atomic mass is 35.5. The molecule has 1 N–H and O–H groups in total. The third kappa shape index (κ3) is 4.88. The van der Waals surface area contributed by atoms with Crippen LogP contribution in [0.4, 0.5) is 0 Å². The van der Waals surface area contributed by atoms with E-state index in [4.69, 9.17) is 11.6 Å². The average Bonchev–Trinajstić information content (AvgIpc) is 3.51. The summed E-state index contributed by atoms with van der Waals surface area (Å²) < 4.78 is 25.7. The van der Waals surface area contributed by atoms with Crippen LogP contribution in [0.1, 0.15) is 37.2 Å². The molecule has 2 fully saturated rings. The molecule has 1 amide bonds. The number of amides is 1. The fourth-order valence-electron chi connectivity index (χ4n) is 4.54. The van der Waals surface area contributed by atoms with E-state index in [1.165, 1.54) is 6.26 Å². The van der Waals surface area contributed by atoms with Crippen molar-refractivity contribution in [3.8, 4) is 11.1 Å². The number of likely N-dealkylation sites (tertiary alicyclic amines) is 1. The summed E-state index contributed by atoms with van der Waals surface area (Å²) in [5.74, 6) is 0.250. The maximum absolute atomic E-state index is 13.2. The summed E-state index contributed by atoms with van der Waals surface area (Å²) in [7, 11) is -3.23. The van der Waals surface area contributed by atoms with Gasteiger partial charge in [-0.1, -0.05) is 54.1 Å². The van der Waals surface area contributed by atoms with Gasteiger partial charge >= 0.3 is 0 Å². The van der Waals surface area contributed by atoms with Crippen LogP contribution in [0, 0.1) is 5.92 Å². The van der Waals surface area contributed by atoms with Crippen LogP contribution in [0.25, 0.3) is 11.1 Å². The molecule has 0 radical (unpaired) electrons. The molecule has 0 spiro atoms. The topological polar surface area (TPSA) is 66.5 Å². The highest BCUT2D eigenvalue weighted by molar-refractivity contribution is 7.88. The quantitative estimate of drug-likeness (QED) is 0.753. The second-order valence-corrected chi connectivity index (χ2v) is 10.5. The minimum atomic E-state index is -3.23. The van der Waals surface area contributed by atoms with E-state index >= 15 is 0 Å². The summed E-state index contributed by atoms with van der Waals surface area (Å²) in [6.45, 7) is 1.27. The van der Waals surface area contributed by atoms with Gasteiger partial charge in [0.1, 0.15) is 0 Å². The summed E-state index contributed by atoms with van der Waals surface area (Å²) in [6, 6.07) is 16.0. The molecule has 1 saturated heterocycles. The summed E-state index contributed by atoms with van der Waals surface area (Å²) >= 11 is 6.59. The van der Waals surface area contributed by atoms with Crippen LogP contribution in [0.3, 0.4) is 0 Å². The van der Waals surface area contributed by atoms with Crippen molar-refractivity contribution in [3.05, 3.63) is 59.1 Å². The molecule has 1 saturated carbocycles. The Hall–Kier alpha value is -1.89. The van der Waals surface area contributed by atoms with Crippen molar-refractivity contribution in [2.24, 2.45) is 5.92 Å². The zero-order chi connectivity index (χ0) is 21.3. The molecule has 2 aliphatic rings. The summed E-state index contributed by atoms with van der Waals surface area (Å²) in [6.07, 6.45) is 4.20. The molecule has 0 bridgehead atoms. The summed E-state index contributed by atoms with van der Waals surface area (Å²) in [5.41, 5.74) is 3.27. The third-order valence-electron chi connectivity index (χ3n) is 6.04. The number of sulfonamides is 1. The SMILES string of the molecule is CS(=O)(=O)N[C@@H]1CCCN(C(=O)[C@@H]2C[C@H]2c2c(Cl)cccc2-c2ccccc2)CC1. The first kappa shape index (κ1) is 21.3. The first-order valence-corrected chi connectivity index (χ1v) is 12.7. The molecule has 5 nitrogen and oxygen atoms in total. The molecule has 2 aromatic rings. The van der Waals surface area contributed by atoms with E-state index in [1.54, 1.807) is 0 Å². The van der Waals surface area contributed by atoms with Gasteiger partial charge in [-0.3, -0.25) is 4.79 Å². The Labute approximate surface area is 183 Å². The van der Waals surface area contributed by atoms with Crippen LogP contribution in [0.15, 0.2) is 48.5 Å². The third-order valence-corrected chi connectivity index (χ3v) is 7.13. The van der Waals surface area contributed by atoms with Crippen molar-refractivity contribution in [3.63, 3.8) is 0 Å². The second kappa shape index (κ2) is 8.69. The number of hydrogen-bond donors (Lipinski definition) is 1. The average molecular weight is 447 g/mol. The molecule has 1 aliphatic heterocycles. The molecule has 0 aromatic heterocycles. The molecule has 160 valence electrons. The van der Waals surface area contributed by atoms with E-state index in [1.807, 2.05) is 35.2 Å². The van der Waals surface area contributed by atoms with Crippen LogP contribution < -0.4 is 4.72 Å². The van der Waals surface area contributed by atoms with Crippen molar-refractivity contribution in [2.75, 3.05) is 19.3 Å². The molecule has 1 aliphatic carbocycles. The first-order valence-electron chi connectivity index (χ1n) is 10.4. The highest BCUT2D eigenvalue weighted by Crippen LogP contribution is 2.53. The van der Waals surface area contributed by atoms with Gasteiger partial charge in [0.15, 0.2) is 0 Å². The number of carbonyl (C=O) groups excluding carboxylic acids is 1. The van der Waals surface area contributed by atoms with Crippen LogP contribution >= 0.6 is 11.6 Å². The molecule has 30 heavy (non-hydrogen) atoms. The van der Waals surface area contributed by atoms with Crippen molar-refractivity contribution >= 4 is 27.5 Å². The maximum Gasteiger partial charge on any atom is 0.226 e. The van der Waals surface area contributed by atoms with Gasteiger partial charge in [0.2, 0.25) is 15.9 Å². The lowest BCUT2D eigenvalue weighted by molar-refractivity contribution is -0.132. The summed E-state index contributed by atoms with van der Waals surface area (Å²) in [5, 5.41) is 0.713. The van der Waals surface area contributed by atoms with Crippen LogP contribution in [0.2, 0.25) is 5.02 Å². The number of benzene rings is 2. The van der Waals surface area contributed by atoms with Crippen LogP contribution in [0.5, 0.6) is 0 Å². The Bertz CT molecular complexity index is 1030. The van der Waals surface area contributed by atoms with E-state index in [0.29, 0.717) is 24.5 Å². The van der Waals surface area contributed by atoms with Gasteiger partial charge < -0.3 is 4.90 Å². The summed E-state index contributed by atoms with van der Waals surface area (Å²) in [4.78, 5) is 15.1. The molecule has 1 heterocycles. The van der Waals surface area contributed by atoms with Crippen molar-refractivity contribution in [2.45, 2.75) is 37.6 Å². The van der Waals surface area contributed by atoms with E-state index in [-0.39, 0.29) is 23.8 Å². The Morgan fingerprint density at radius 1 is 1.07 bits per heavy atom. The van der Waals surface area contributed by atoms with Crippen molar-refractivity contribution in [1.29, 1.82) is 0 Å². The van der Waals surface area contributed by atoms with Gasteiger partial charge in [0, 0.05) is 30.1 Å². The smallest absolute Gasteiger partial charge is 0.226 e. The molecule has 0 unspecified atom stereocenters. The second-order valence-electron chi connectivity index (χ2n) is 8.36. The zero-order valence-corrected chi connectivity index (χ0v) is 18.6. The van der Waals surface area contributed by atoms with Crippen molar-refractivity contribution in [1.82, 2.24) is 9.62 Å². The number of halogens is 1. The Kier molecular flexibility index (Phi) is 6.19. The number of nitrogens with zero attached hydrogens (tertiary/aromatic N) is 1. The van der Waals surface area contributed by atoms with E-state index in [2.05, 4.69) is 22.9 Å². The first-order chi connectivity index (χ1) is 14.3. The lowest BCUT2D eigenvalue weighted by Gasteiger charge is -2.21. The van der Waals surface area contributed by atoms with Crippen LogP contribution in [-0.4, -0.2) is 44.6 Å². The normalized spacial score (nSPS) is 24.3. The molecule has 3 atom stereocenters. The fourth-order valence-corrected chi connectivity index (χ4v) is 5.70. The minimum absolute atomic E-state index is 0.0493. The predicted octanol–water partition coefficient (Wildman–Crippen LogP) is 4.04. The molecular weight excluding hydrogens is 420 g/mol. The standard InChI is InChI=1S/C23H27ClN2O3S/c1-30(28,29)25-17-9-6-13-26(14-12-17)23(27)20-15-19(20)22-18(10-5-11-21(22)24)16-7-3-2-4-8-16/h2-5,7-8,10-11,17,19-20,25H,6,9,12-15H2,1H3/t17-,19-,20-/m1/s1. The van der Waals surface area contributed by atoms with E-state index < -0.39 is 10.0 Å². The largest absolute Gasteiger partial charge is 0.342 e. The Morgan fingerprint density at radius 2 is 1.83 bits per heavy atom. The molecule has 7 heteroatoms. The molecular formula is C23H27ClN2O3S. The Balaban J connectivity index is 1.47. The van der Waals surface area contributed by atoms with E-state index in [9.17, 15) is 13.2 Å². The van der Waals surface area contributed by atoms with Gasteiger partial charge in [0.05, 0.1) is 6.26 Å². The minimum Gasteiger partial charge on any atom is -0.342 e. The zero-order valence-electron chi connectivity index (χ0n) is 17.1. The van der Waals surface area contributed by atoms with Crippen LogP contribution in [-0.2, 0) is 14.8 Å². The molecule has 4 rings (SSSR count). The van der Waals surface area contributed by atoms with Gasteiger partial charge in [-0.25, -0.2) is 13.1 Å². The lowest BCUT2D eigenvalue weighted by atomic mass is 9.95. The van der Waals surface area contributed by atoms with Gasteiger partial charge in [-0.15, -0.1) is 0 Å². The van der Waals surface area contributed by atoms with Gasteiger partial charge in [-0.2, -0.15) is 0 Å². The number of carbonyl (C=O) groups is 1. The van der Waals surface area contributed by atoms with Gasteiger partial charge in [-0.05, 0) is 54.4 Å². The monoisotopic (exact) mass is 446 g/mol. The fraction of sp³-hybridized carbons (Fsp3) is 0.435. The highest BCUT2D eigenvalue weighted by Gasteiger charge is 2.47. The number of hydrogen-bond acceptors (Lipinski definition) is 3. The Morgan fingerprint density at radius 3 is 2.57 bits per heavy atom. The number of rotatable bonds is 5. The number of nitrogens with one attached hydrogen (secondary N) is 1. The lowest BCUT2D eigenvalue weighted by Crippen LogP contribution is -2.36. The van der Waals surface area contributed by atoms with E-state index in [0.717, 1.165) is 36.0 Å². The molecule has 2 aromatic carbocycles. The predicted molar refractivity (Wildman–Crippen MR) is 120 cm³/mol. The maximum atomic E-state index is 13.2.